The van der Waals surface area contributed by atoms with Crippen molar-refractivity contribution in [2.75, 3.05) is 12.3 Å². The van der Waals surface area contributed by atoms with E-state index in [2.05, 4.69) is 0 Å². The van der Waals surface area contributed by atoms with E-state index in [9.17, 15) is 12.8 Å². The Morgan fingerprint density at radius 2 is 2.06 bits per heavy atom. The highest BCUT2D eigenvalue weighted by Gasteiger charge is 2.20. The Balaban J connectivity index is 3.18. The molecule has 0 saturated carbocycles. The van der Waals surface area contributed by atoms with Gasteiger partial charge in [-0.05, 0) is 23.8 Å². The summed E-state index contributed by atoms with van der Waals surface area (Å²) in [6.45, 7) is -0.173. The van der Waals surface area contributed by atoms with Crippen molar-refractivity contribution in [3.63, 3.8) is 0 Å². The smallest absolute Gasteiger partial charge is 0.183 e. The Bertz CT molecular complexity index is 543. The molecule has 0 bridgehead atoms. The maximum atomic E-state index is 12.3. The van der Waals surface area contributed by atoms with Gasteiger partial charge in [0.25, 0.3) is 0 Å². The van der Waals surface area contributed by atoms with Crippen LogP contribution < -0.4 is 5.73 Å². The minimum Gasteiger partial charge on any atom is -0.327 e. The van der Waals surface area contributed by atoms with E-state index in [4.69, 9.17) is 28.9 Å². The molecule has 0 aliphatic heterocycles. The highest BCUT2D eigenvalue weighted by atomic mass is 35.5. The van der Waals surface area contributed by atoms with Crippen LogP contribution in [0.4, 0.5) is 4.39 Å². The van der Waals surface area contributed by atoms with Crippen LogP contribution in [0.3, 0.4) is 0 Å². The molecule has 1 rings (SSSR count). The lowest BCUT2D eigenvalue weighted by Gasteiger charge is -2.07. The standard InChI is InChI=1S/C10H10Cl2FNO2S/c11-8-1-2-9(12)10(3-8)17(15,16)6-7(4-13)5-14/h1-4H,5-6,14H2/b7-4+. The second kappa shape index (κ2) is 5.82. The summed E-state index contributed by atoms with van der Waals surface area (Å²) in [6.07, 6.45) is 0.190. The third-order valence-corrected chi connectivity index (χ3v) is 4.46. The molecule has 17 heavy (non-hydrogen) atoms. The van der Waals surface area contributed by atoms with Crippen LogP contribution in [0.15, 0.2) is 35.0 Å². The summed E-state index contributed by atoms with van der Waals surface area (Å²) in [5.41, 5.74) is 5.18. The first-order valence-electron chi connectivity index (χ1n) is 4.56. The lowest BCUT2D eigenvalue weighted by molar-refractivity contribution is 0.596. The number of hydrogen-bond donors (Lipinski definition) is 1. The normalized spacial score (nSPS) is 12.8. The maximum absolute atomic E-state index is 12.3. The van der Waals surface area contributed by atoms with E-state index in [0.717, 1.165) is 0 Å². The van der Waals surface area contributed by atoms with Crippen molar-refractivity contribution in [3.8, 4) is 0 Å². The highest BCUT2D eigenvalue weighted by Crippen LogP contribution is 2.26. The average Bonchev–Trinajstić information content (AvgIpc) is 2.29. The Morgan fingerprint density at radius 1 is 1.41 bits per heavy atom. The molecule has 0 spiro atoms. The lowest BCUT2D eigenvalue weighted by atomic mass is 10.3. The molecule has 0 amide bonds. The van der Waals surface area contributed by atoms with Crippen molar-refractivity contribution in [2.24, 2.45) is 5.73 Å². The fourth-order valence-electron chi connectivity index (χ4n) is 1.17. The van der Waals surface area contributed by atoms with Crippen LogP contribution in [0.25, 0.3) is 0 Å². The quantitative estimate of drug-likeness (QED) is 0.929. The second-order valence-corrected chi connectivity index (χ2v) is 6.11. The molecule has 94 valence electrons. The Hall–Kier alpha value is -0.620. The zero-order valence-corrected chi connectivity index (χ0v) is 11.0. The van der Waals surface area contributed by atoms with Gasteiger partial charge in [0.15, 0.2) is 9.84 Å². The van der Waals surface area contributed by atoms with E-state index in [1.165, 1.54) is 18.2 Å². The van der Waals surface area contributed by atoms with Crippen LogP contribution in [0.2, 0.25) is 10.0 Å². The zero-order valence-electron chi connectivity index (χ0n) is 8.66. The van der Waals surface area contributed by atoms with E-state index in [1.807, 2.05) is 0 Å². The number of nitrogens with two attached hydrogens (primary N) is 1. The van der Waals surface area contributed by atoms with Gasteiger partial charge in [-0.1, -0.05) is 23.2 Å². The molecule has 0 heterocycles. The Morgan fingerprint density at radius 3 is 2.59 bits per heavy atom. The van der Waals surface area contributed by atoms with Gasteiger partial charge >= 0.3 is 0 Å². The molecule has 2 N–H and O–H groups in total. The topological polar surface area (TPSA) is 60.2 Å². The molecule has 0 aliphatic carbocycles. The Kier molecular flexibility index (Phi) is 4.94. The third-order valence-electron chi connectivity index (χ3n) is 2.02. The summed E-state index contributed by atoms with van der Waals surface area (Å²) in [5, 5.41) is 0.288. The van der Waals surface area contributed by atoms with Gasteiger partial charge in [0.05, 0.1) is 22.0 Å². The maximum Gasteiger partial charge on any atom is 0.183 e. The SMILES string of the molecule is NC/C(=C\F)CS(=O)(=O)c1cc(Cl)ccc1Cl. The van der Waals surface area contributed by atoms with Crippen molar-refractivity contribution in [1.82, 2.24) is 0 Å². The first kappa shape index (κ1) is 14.4. The van der Waals surface area contributed by atoms with E-state index in [0.29, 0.717) is 0 Å². The van der Waals surface area contributed by atoms with Crippen molar-refractivity contribution in [2.45, 2.75) is 4.90 Å². The summed E-state index contributed by atoms with van der Waals surface area (Å²) in [6, 6.07) is 4.07. The van der Waals surface area contributed by atoms with Gasteiger partial charge in [0.1, 0.15) is 0 Å². The lowest BCUT2D eigenvalue weighted by Crippen LogP contribution is -2.15. The summed E-state index contributed by atoms with van der Waals surface area (Å²) in [7, 11) is -3.74. The molecule has 0 atom stereocenters. The monoisotopic (exact) mass is 297 g/mol. The highest BCUT2D eigenvalue weighted by molar-refractivity contribution is 7.91. The first-order chi connectivity index (χ1) is 7.90. The molecule has 7 heteroatoms. The fourth-order valence-corrected chi connectivity index (χ4v) is 3.38. The van der Waals surface area contributed by atoms with Crippen molar-refractivity contribution in [1.29, 1.82) is 0 Å². The number of hydrogen-bond acceptors (Lipinski definition) is 3. The van der Waals surface area contributed by atoms with E-state index in [-0.39, 0.29) is 33.4 Å². The molecule has 0 unspecified atom stereocenters. The predicted molar refractivity (Wildman–Crippen MR) is 66.8 cm³/mol. The summed E-state index contributed by atoms with van der Waals surface area (Å²) < 4.78 is 36.2. The van der Waals surface area contributed by atoms with Crippen LogP contribution in [0.5, 0.6) is 0 Å². The molecule has 0 radical (unpaired) electrons. The number of halogens is 3. The van der Waals surface area contributed by atoms with E-state index < -0.39 is 15.6 Å². The second-order valence-electron chi connectivity index (χ2n) is 3.31. The van der Waals surface area contributed by atoms with Gasteiger partial charge in [-0.15, -0.1) is 0 Å². The molecular weight excluding hydrogens is 288 g/mol. The van der Waals surface area contributed by atoms with Crippen molar-refractivity contribution < 1.29 is 12.8 Å². The molecule has 0 fully saturated rings. The first-order valence-corrected chi connectivity index (χ1v) is 6.97. The van der Waals surface area contributed by atoms with Gasteiger partial charge in [-0.3, -0.25) is 0 Å². The van der Waals surface area contributed by atoms with Crippen LogP contribution in [-0.4, -0.2) is 20.7 Å². The largest absolute Gasteiger partial charge is 0.327 e. The van der Waals surface area contributed by atoms with E-state index >= 15 is 0 Å². The van der Waals surface area contributed by atoms with Gasteiger partial charge in [0, 0.05) is 11.6 Å². The van der Waals surface area contributed by atoms with Gasteiger partial charge in [-0.25, -0.2) is 12.8 Å². The molecule has 1 aromatic rings. The van der Waals surface area contributed by atoms with Crippen molar-refractivity contribution >= 4 is 33.0 Å². The van der Waals surface area contributed by atoms with Crippen LogP contribution in [0.1, 0.15) is 0 Å². The zero-order chi connectivity index (χ0) is 13.1. The third kappa shape index (κ3) is 3.67. The Labute approximate surface area is 109 Å². The minimum atomic E-state index is -3.74. The minimum absolute atomic E-state index is 0.0268. The fraction of sp³-hybridized carbons (Fsp3) is 0.200. The molecular formula is C10H10Cl2FNO2S. The average molecular weight is 298 g/mol. The molecule has 0 aromatic heterocycles. The van der Waals surface area contributed by atoms with Gasteiger partial charge < -0.3 is 5.73 Å². The molecule has 1 aromatic carbocycles. The van der Waals surface area contributed by atoms with E-state index in [1.54, 1.807) is 0 Å². The van der Waals surface area contributed by atoms with Gasteiger partial charge in [0.2, 0.25) is 0 Å². The number of sulfone groups is 1. The van der Waals surface area contributed by atoms with Crippen LogP contribution in [-0.2, 0) is 9.84 Å². The summed E-state index contributed by atoms with van der Waals surface area (Å²) in [5.74, 6) is -0.514. The van der Waals surface area contributed by atoms with Crippen molar-refractivity contribution in [3.05, 3.63) is 40.1 Å². The number of benzene rings is 1. The molecule has 0 aliphatic rings. The summed E-state index contributed by atoms with van der Waals surface area (Å²) in [4.78, 5) is -0.125. The van der Waals surface area contributed by atoms with Crippen LogP contribution >= 0.6 is 23.2 Å². The molecule has 3 nitrogen and oxygen atoms in total. The van der Waals surface area contributed by atoms with Crippen LogP contribution in [0, 0.1) is 0 Å². The molecule has 0 saturated heterocycles. The van der Waals surface area contributed by atoms with Gasteiger partial charge in [-0.2, -0.15) is 0 Å². The predicted octanol–water partition coefficient (Wildman–Crippen LogP) is 2.58. The summed E-state index contributed by atoms with van der Waals surface area (Å²) >= 11 is 11.5. The number of rotatable bonds is 4.